The van der Waals surface area contributed by atoms with Crippen LogP contribution in [0, 0.1) is 0 Å². The fourth-order valence-corrected chi connectivity index (χ4v) is 2.52. The Morgan fingerprint density at radius 3 is 3.07 bits per heavy atom. The van der Waals surface area contributed by atoms with Gasteiger partial charge in [0.1, 0.15) is 6.04 Å². The Bertz CT molecular complexity index is 218. The van der Waals surface area contributed by atoms with Crippen molar-refractivity contribution in [3.05, 3.63) is 0 Å². The second kappa shape index (κ2) is 6.68. The highest BCUT2D eigenvalue weighted by atomic mass is 32.2. The number of carbonyl (C=O) groups is 2. The zero-order valence-electron chi connectivity index (χ0n) is 8.35. The molecule has 0 aromatic carbocycles. The molecule has 1 aliphatic rings. The predicted octanol–water partition coefficient (Wildman–Crippen LogP) is 0.0978. The van der Waals surface area contributed by atoms with Gasteiger partial charge in [0, 0.05) is 11.9 Å². The zero-order valence-corrected chi connectivity index (χ0v) is 9.16. The summed E-state index contributed by atoms with van der Waals surface area (Å²) in [7, 11) is 0. The van der Waals surface area contributed by atoms with Gasteiger partial charge < -0.3 is 15.2 Å². The van der Waals surface area contributed by atoms with Crippen LogP contribution in [0.3, 0.4) is 0 Å². The van der Waals surface area contributed by atoms with Crippen molar-refractivity contribution in [2.45, 2.75) is 24.1 Å². The highest BCUT2D eigenvalue weighted by molar-refractivity contribution is 7.99. The number of amides is 1. The maximum Gasteiger partial charge on any atom is 0.326 e. The van der Waals surface area contributed by atoms with E-state index < -0.39 is 12.0 Å². The lowest BCUT2D eigenvalue weighted by Gasteiger charge is -2.12. The van der Waals surface area contributed by atoms with Gasteiger partial charge in [-0.25, -0.2) is 4.79 Å². The third kappa shape index (κ3) is 4.53. The molecule has 1 amide bonds. The Kier molecular flexibility index (Phi) is 5.49. The minimum Gasteiger partial charge on any atom is -0.480 e. The first-order valence-corrected chi connectivity index (χ1v) is 5.90. The SMILES string of the molecule is O=CNC(CCSC1CCOC1)C(=O)O. The number of carboxylic acid groups (broad SMARTS) is 1. The molecule has 0 spiro atoms. The summed E-state index contributed by atoms with van der Waals surface area (Å²) in [6, 6.07) is -0.766. The summed E-state index contributed by atoms with van der Waals surface area (Å²) in [6.07, 6.45) is 1.92. The van der Waals surface area contributed by atoms with Crippen LogP contribution in [-0.2, 0) is 14.3 Å². The monoisotopic (exact) mass is 233 g/mol. The van der Waals surface area contributed by atoms with Crippen LogP contribution in [0.4, 0.5) is 0 Å². The van der Waals surface area contributed by atoms with Crippen LogP contribution in [0.25, 0.3) is 0 Å². The second-order valence-electron chi connectivity index (χ2n) is 3.32. The molecule has 15 heavy (non-hydrogen) atoms. The Hall–Kier alpha value is -0.750. The Morgan fingerprint density at radius 1 is 1.73 bits per heavy atom. The molecular formula is C9H15NO4S. The van der Waals surface area contributed by atoms with Gasteiger partial charge in [0.05, 0.1) is 6.61 Å². The van der Waals surface area contributed by atoms with Gasteiger partial charge in [0.2, 0.25) is 6.41 Å². The molecule has 1 saturated heterocycles. The zero-order chi connectivity index (χ0) is 11.1. The number of carbonyl (C=O) groups excluding carboxylic acids is 1. The number of nitrogens with one attached hydrogen (secondary N) is 1. The highest BCUT2D eigenvalue weighted by Crippen LogP contribution is 2.21. The van der Waals surface area contributed by atoms with Gasteiger partial charge >= 0.3 is 5.97 Å². The molecule has 0 aromatic heterocycles. The third-order valence-electron chi connectivity index (χ3n) is 2.22. The highest BCUT2D eigenvalue weighted by Gasteiger charge is 2.19. The molecule has 1 heterocycles. The number of thioether (sulfide) groups is 1. The summed E-state index contributed by atoms with van der Waals surface area (Å²) in [6.45, 7) is 1.55. The van der Waals surface area contributed by atoms with Gasteiger partial charge in [-0.3, -0.25) is 4.79 Å². The molecule has 0 bridgehead atoms. The number of rotatable bonds is 7. The fourth-order valence-electron chi connectivity index (χ4n) is 1.36. The third-order valence-corrected chi connectivity index (χ3v) is 3.53. The van der Waals surface area contributed by atoms with Crippen molar-refractivity contribution in [3.63, 3.8) is 0 Å². The van der Waals surface area contributed by atoms with Crippen LogP contribution in [0.1, 0.15) is 12.8 Å². The van der Waals surface area contributed by atoms with Crippen molar-refractivity contribution in [2.75, 3.05) is 19.0 Å². The molecule has 86 valence electrons. The van der Waals surface area contributed by atoms with E-state index in [4.69, 9.17) is 9.84 Å². The predicted molar refractivity (Wildman–Crippen MR) is 56.9 cm³/mol. The first-order valence-electron chi connectivity index (χ1n) is 4.86. The van der Waals surface area contributed by atoms with E-state index in [-0.39, 0.29) is 0 Å². The molecule has 1 fully saturated rings. The van der Waals surface area contributed by atoms with Crippen molar-refractivity contribution < 1.29 is 19.4 Å². The van der Waals surface area contributed by atoms with Gasteiger partial charge in [0.25, 0.3) is 0 Å². The van der Waals surface area contributed by atoms with E-state index in [1.807, 2.05) is 0 Å². The maximum absolute atomic E-state index is 10.7. The number of ether oxygens (including phenoxy) is 1. The van der Waals surface area contributed by atoms with Crippen molar-refractivity contribution >= 4 is 24.1 Å². The van der Waals surface area contributed by atoms with E-state index in [2.05, 4.69) is 5.32 Å². The Labute approximate surface area is 92.6 Å². The minimum absolute atomic E-state index is 0.433. The van der Waals surface area contributed by atoms with E-state index in [9.17, 15) is 9.59 Å². The summed E-state index contributed by atoms with van der Waals surface area (Å²) < 4.78 is 5.20. The standard InChI is InChI=1S/C9H15NO4S/c11-6-10-8(9(12)13)2-4-15-7-1-3-14-5-7/h6-8H,1-5H2,(H,10,11)(H,12,13). The molecule has 1 rings (SSSR count). The van der Waals surface area contributed by atoms with Crippen LogP contribution in [0.15, 0.2) is 0 Å². The van der Waals surface area contributed by atoms with E-state index >= 15 is 0 Å². The van der Waals surface area contributed by atoms with Gasteiger partial charge in [0.15, 0.2) is 0 Å². The fraction of sp³-hybridized carbons (Fsp3) is 0.778. The normalized spacial score (nSPS) is 22.3. The average Bonchev–Trinajstić information content (AvgIpc) is 2.69. The molecule has 5 nitrogen and oxygen atoms in total. The van der Waals surface area contributed by atoms with Crippen LogP contribution in [0.5, 0.6) is 0 Å². The summed E-state index contributed by atoms with van der Waals surface area (Å²) in [5.74, 6) is -0.253. The van der Waals surface area contributed by atoms with Crippen LogP contribution < -0.4 is 5.32 Å². The Morgan fingerprint density at radius 2 is 2.53 bits per heavy atom. The maximum atomic E-state index is 10.7. The number of hydrogen-bond acceptors (Lipinski definition) is 4. The molecule has 0 saturated carbocycles. The topological polar surface area (TPSA) is 75.6 Å². The summed E-state index contributed by atoms with van der Waals surface area (Å²) in [5, 5.41) is 11.5. The number of hydrogen-bond donors (Lipinski definition) is 2. The van der Waals surface area contributed by atoms with Crippen molar-refractivity contribution in [1.82, 2.24) is 5.32 Å². The van der Waals surface area contributed by atoms with Gasteiger partial charge in [-0.1, -0.05) is 0 Å². The van der Waals surface area contributed by atoms with Crippen molar-refractivity contribution in [1.29, 1.82) is 0 Å². The lowest BCUT2D eigenvalue weighted by Crippen LogP contribution is -2.36. The lowest BCUT2D eigenvalue weighted by atomic mass is 10.2. The molecular weight excluding hydrogens is 218 g/mol. The Balaban J connectivity index is 2.15. The second-order valence-corrected chi connectivity index (χ2v) is 4.73. The average molecular weight is 233 g/mol. The summed E-state index contributed by atoms with van der Waals surface area (Å²) >= 11 is 1.71. The molecule has 2 unspecified atom stereocenters. The van der Waals surface area contributed by atoms with Crippen molar-refractivity contribution in [2.24, 2.45) is 0 Å². The smallest absolute Gasteiger partial charge is 0.326 e. The lowest BCUT2D eigenvalue weighted by molar-refractivity contribution is -0.140. The van der Waals surface area contributed by atoms with E-state index in [1.54, 1.807) is 11.8 Å². The largest absolute Gasteiger partial charge is 0.480 e. The minimum atomic E-state index is -0.981. The molecule has 0 aromatic rings. The quantitative estimate of drug-likeness (QED) is 0.610. The molecule has 0 aliphatic carbocycles. The number of carboxylic acids is 1. The summed E-state index contributed by atoms with van der Waals surface area (Å²) in [5.41, 5.74) is 0. The first kappa shape index (κ1) is 12.3. The molecule has 2 atom stereocenters. The van der Waals surface area contributed by atoms with E-state index in [0.717, 1.165) is 25.4 Å². The van der Waals surface area contributed by atoms with E-state index in [0.29, 0.717) is 18.1 Å². The van der Waals surface area contributed by atoms with Crippen LogP contribution in [0.2, 0.25) is 0 Å². The molecule has 1 aliphatic heterocycles. The van der Waals surface area contributed by atoms with Gasteiger partial charge in [-0.2, -0.15) is 11.8 Å². The van der Waals surface area contributed by atoms with E-state index in [1.165, 1.54) is 0 Å². The summed E-state index contributed by atoms with van der Waals surface area (Å²) in [4.78, 5) is 20.8. The van der Waals surface area contributed by atoms with Crippen LogP contribution in [-0.4, -0.2) is 47.7 Å². The van der Waals surface area contributed by atoms with Gasteiger partial charge in [-0.05, 0) is 18.6 Å². The number of aliphatic carboxylic acids is 1. The molecule has 2 N–H and O–H groups in total. The van der Waals surface area contributed by atoms with Gasteiger partial charge in [-0.15, -0.1) is 0 Å². The molecule has 6 heteroatoms. The van der Waals surface area contributed by atoms with Crippen molar-refractivity contribution in [3.8, 4) is 0 Å². The first-order chi connectivity index (χ1) is 7.24. The van der Waals surface area contributed by atoms with Crippen LogP contribution >= 0.6 is 11.8 Å². The molecule has 0 radical (unpaired) electrons.